The third-order valence-corrected chi connectivity index (χ3v) is 4.91. The number of carbonyl (C=O) groups is 1. The van der Waals surface area contributed by atoms with E-state index >= 15 is 0 Å². The third kappa shape index (κ3) is 3.70. The summed E-state index contributed by atoms with van der Waals surface area (Å²) in [5.41, 5.74) is 6.40. The van der Waals surface area contributed by atoms with E-state index in [0.29, 0.717) is 37.6 Å². The van der Waals surface area contributed by atoms with Crippen LogP contribution in [0.5, 0.6) is 0 Å². The standard InChI is InChI=1S/C17H20ClN3O3/c18-13-3-1-2-12(8-13)15-14(9-20-21-15)16(22)24-11-17(10-19)4-6-23-7-5-17/h1-3,8,14-15,20-21H,4-7,9,11H2. The minimum absolute atomic E-state index is 0.116. The largest absolute Gasteiger partial charge is 0.464 e. The average molecular weight is 350 g/mol. The number of hydrogen-bond donors (Lipinski definition) is 2. The van der Waals surface area contributed by atoms with Gasteiger partial charge in [0.25, 0.3) is 0 Å². The van der Waals surface area contributed by atoms with Gasteiger partial charge in [0.05, 0.1) is 23.4 Å². The number of halogens is 1. The first-order chi connectivity index (χ1) is 11.6. The molecule has 6 nitrogen and oxygen atoms in total. The summed E-state index contributed by atoms with van der Waals surface area (Å²) in [6.45, 7) is 1.65. The van der Waals surface area contributed by atoms with Gasteiger partial charge in [0.1, 0.15) is 6.61 Å². The minimum Gasteiger partial charge on any atom is -0.464 e. The van der Waals surface area contributed by atoms with Crippen molar-refractivity contribution in [3.63, 3.8) is 0 Å². The molecule has 2 unspecified atom stereocenters. The zero-order valence-corrected chi connectivity index (χ0v) is 14.0. The Morgan fingerprint density at radius 2 is 2.25 bits per heavy atom. The number of nitrogens with zero attached hydrogens (tertiary/aromatic N) is 1. The molecule has 1 aromatic carbocycles. The van der Waals surface area contributed by atoms with E-state index in [1.807, 2.05) is 18.2 Å². The van der Waals surface area contributed by atoms with Crippen LogP contribution < -0.4 is 10.9 Å². The van der Waals surface area contributed by atoms with E-state index in [1.54, 1.807) is 6.07 Å². The van der Waals surface area contributed by atoms with Crippen molar-refractivity contribution in [2.24, 2.45) is 11.3 Å². The van der Waals surface area contributed by atoms with Crippen LogP contribution in [-0.4, -0.2) is 32.3 Å². The summed E-state index contributed by atoms with van der Waals surface area (Å²) >= 11 is 6.04. The SMILES string of the molecule is N#CC1(COC(=O)C2CNNC2c2cccc(Cl)c2)CCOCC1. The molecule has 3 rings (SSSR count). The van der Waals surface area contributed by atoms with Crippen LogP contribution in [0.4, 0.5) is 0 Å². The first-order valence-electron chi connectivity index (χ1n) is 8.03. The normalized spacial score (nSPS) is 25.8. The molecule has 0 saturated carbocycles. The lowest BCUT2D eigenvalue weighted by Gasteiger charge is -2.30. The van der Waals surface area contributed by atoms with Gasteiger partial charge in [0, 0.05) is 24.8 Å². The van der Waals surface area contributed by atoms with Crippen molar-refractivity contribution < 1.29 is 14.3 Å². The van der Waals surface area contributed by atoms with Crippen molar-refractivity contribution in [3.8, 4) is 6.07 Å². The molecular formula is C17H20ClN3O3. The number of hydrogen-bond acceptors (Lipinski definition) is 6. The Labute approximate surface area is 146 Å². The molecule has 2 fully saturated rings. The summed E-state index contributed by atoms with van der Waals surface area (Å²) < 4.78 is 10.8. The third-order valence-electron chi connectivity index (χ3n) is 4.67. The molecule has 1 aromatic rings. The van der Waals surface area contributed by atoms with Gasteiger partial charge in [0.2, 0.25) is 0 Å². The Morgan fingerprint density at radius 3 is 2.96 bits per heavy atom. The molecule has 0 amide bonds. The van der Waals surface area contributed by atoms with Gasteiger partial charge in [-0.3, -0.25) is 10.2 Å². The Kier molecular flexibility index (Phi) is 5.36. The molecule has 2 N–H and O–H groups in total. The predicted molar refractivity (Wildman–Crippen MR) is 87.9 cm³/mol. The van der Waals surface area contributed by atoms with Crippen molar-refractivity contribution in [1.29, 1.82) is 5.26 Å². The topological polar surface area (TPSA) is 83.4 Å². The van der Waals surface area contributed by atoms with E-state index in [2.05, 4.69) is 16.9 Å². The number of nitrogens with one attached hydrogen (secondary N) is 2. The molecular weight excluding hydrogens is 330 g/mol. The van der Waals surface area contributed by atoms with Crippen LogP contribution in [0.2, 0.25) is 5.02 Å². The fourth-order valence-corrected chi connectivity index (χ4v) is 3.30. The molecule has 0 radical (unpaired) electrons. The smallest absolute Gasteiger partial charge is 0.312 e. The van der Waals surface area contributed by atoms with Crippen LogP contribution in [0.1, 0.15) is 24.4 Å². The lowest BCUT2D eigenvalue weighted by Crippen LogP contribution is -2.35. The molecule has 0 aliphatic carbocycles. The van der Waals surface area contributed by atoms with Gasteiger partial charge in [-0.1, -0.05) is 23.7 Å². The van der Waals surface area contributed by atoms with Crippen molar-refractivity contribution in [3.05, 3.63) is 34.9 Å². The van der Waals surface area contributed by atoms with Crippen LogP contribution in [-0.2, 0) is 14.3 Å². The molecule has 2 heterocycles. The first kappa shape index (κ1) is 17.2. The molecule has 2 aliphatic rings. The lowest BCUT2D eigenvalue weighted by molar-refractivity contribution is -0.152. The highest BCUT2D eigenvalue weighted by Crippen LogP contribution is 2.32. The van der Waals surface area contributed by atoms with Crippen LogP contribution >= 0.6 is 11.6 Å². The van der Waals surface area contributed by atoms with Crippen LogP contribution in [0, 0.1) is 22.7 Å². The van der Waals surface area contributed by atoms with Gasteiger partial charge >= 0.3 is 5.97 Å². The number of ether oxygens (including phenoxy) is 2. The summed E-state index contributed by atoms with van der Waals surface area (Å²) in [5, 5.41) is 10.1. The first-order valence-corrected chi connectivity index (χ1v) is 8.41. The number of carbonyl (C=O) groups excluding carboxylic acids is 1. The molecule has 0 spiro atoms. The molecule has 7 heteroatoms. The van der Waals surface area contributed by atoms with Crippen molar-refractivity contribution in [2.75, 3.05) is 26.4 Å². The highest BCUT2D eigenvalue weighted by molar-refractivity contribution is 6.30. The lowest BCUT2D eigenvalue weighted by atomic mass is 9.82. The fraction of sp³-hybridized carbons (Fsp3) is 0.529. The van der Waals surface area contributed by atoms with Crippen molar-refractivity contribution in [1.82, 2.24) is 10.9 Å². The molecule has 2 atom stereocenters. The molecule has 2 aliphatic heterocycles. The number of esters is 1. The maximum atomic E-state index is 12.5. The van der Waals surface area contributed by atoms with Gasteiger partial charge in [-0.05, 0) is 30.5 Å². The summed E-state index contributed by atoms with van der Waals surface area (Å²) in [5.74, 6) is -0.669. The summed E-state index contributed by atoms with van der Waals surface area (Å²) in [6, 6.07) is 9.51. The van der Waals surface area contributed by atoms with Crippen molar-refractivity contribution in [2.45, 2.75) is 18.9 Å². The van der Waals surface area contributed by atoms with Gasteiger partial charge in [-0.15, -0.1) is 0 Å². The molecule has 0 aromatic heterocycles. The Morgan fingerprint density at radius 1 is 1.46 bits per heavy atom. The fourth-order valence-electron chi connectivity index (χ4n) is 3.10. The second-order valence-electron chi connectivity index (χ2n) is 6.28. The predicted octanol–water partition coefficient (Wildman–Crippen LogP) is 1.97. The summed E-state index contributed by atoms with van der Waals surface area (Å²) in [7, 11) is 0. The molecule has 24 heavy (non-hydrogen) atoms. The van der Waals surface area contributed by atoms with Gasteiger partial charge in [0.15, 0.2) is 0 Å². The highest BCUT2D eigenvalue weighted by Gasteiger charge is 2.38. The van der Waals surface area contributed by atoms with E-state index in [0.717, 1.165) is 5.56 Å². The Hall–Kier alpha value is -1.65. The second kappa shape index (κ2) is 7.49. The molecule has 2 saturated heterocycles. The van der Waals surface area contributed by atoms with E-state index in [9.17, 15) is 10.1 Å². The monoisotopic (exact) mass is 349 g/mol. The highest BCUT2D eigenvalue weighted by atomic mass is 35.5. The number of nitriles is 1. The van der Waals surface area contributed by atoms with E-state index in [4.69, 9.17) is 21.1 Å². The zero-order chi connectivity index (χ0) is 17.0. The van der Waals surface area contributed by atoms with Crippen molar-refractivity contribution >= 4 is 17.6 Å². The van der Waals surface area contributed by atoms with Gasteiger partial charge in [-0.2, -0.15) is 5.26 Å². The zero-order valence-electron chi connectivity index (χ0n) is 13.3. The average Bonchev–Trinajstić information content (AvgIpc) is 3.10. The summed E-state index contributed by atoms with van der Waals surface area (Å²) in [4.78, 5) is 12.5. The Bertz CT molecular complexity index is 640. The van der Waals surface area contributed by atoms with Crippen LogP contribution in [0.3, 0.4) is 0 Å². The maximum absolute atomic E-state index is 12.5. The maximum Gasteiger partial charge on any atom is 0.312 e. The van der Waals surface area contributed by atoms with E-state index in [1.165, 1.54) is 0 Å². The van der Waals surface area contributed by atoms with E-state index < -0.39 is 5.41 Å². The summed E-state index contributed by atoms with van der Waals surface area (Å²) in [6.07, 6.45) is 1.19. The second-order valence-corrected chi connectivity index (χ2v) is 6.71. The number of hydrazine groups is 1. The van der Waals surface area contributed by atoms with Crippen LogP contribution in [0.15, 0.2) is 24.3 Å². The van der Waals surface area contributed by atoms with Gasteiger partial charge in [-0.25, -0.2) is 5.43 Å². The number of benzene rings is 1. The minimum atomic E-state index is -0.626. The van der Waals surface area contributed by atoms with Gasteiger partial charge < -0.3 is 9.47 Å². The Balaban J connectivity index is 1.64. The number of rotatable bonds is 4. The quantitative estimate of drug-likeness (QED) is 0.809. The molecule has 0 bridgehead atoms. The van der Waals surface area contributed by atoms with E-state index in [-0.39, 0.29) is 24.5 Å². The van der Waals surface area contributed by atoms with Crippen LogP contribution in [0.25, 0.3) is 0 Å². The molecule has 128 valence electrons.